The van der Waals surface area contributed by atoms with Crippen molar-refractivity contribution in [2.45, 2.75) is 38.2 Å². The second-order valence-electron chi connectivity index (χ2n) is 4.79. The molecule has 88 valence electrons. The van der Waals surface area contributed by atoms with Gasteiger partial charge in [0.25, 0.3) is 0 Å². The number of aliphatic hydroxyl groups is 1. The molecule has 2 unspecified atom stereocenters. The first-order valence-electron chi connectivity index (χ1n) is 5.68. The van der Waals surface area contributed by atoms with E-state index in [9.17, 15) is 13.9 Å². The van der Waals surface area contributed by atoms with Crippen LogP contribution in [0.5, 0.6) is 0 Å². The van der Waals surface area contributed by atoms with E-state index in [1.54, 1.807) is 6.07 Å². The summed E-state index contributed by atoms with van der Waals surface area (Å²) in [6, 6.07) is 4.12. The lowest BCUT2D eigenvalue weighted by molar-refractivity contribution is 0.00875. The monoisotopic (exact) mass is 226 g/mol. The maximum Gasteiger partial charge on any atom is 0.162 e. The van der Waals surface area contributed by atoms with E-state index in [2.05, 4.69) is 0 Å². The highest BCUT2D eigenvalue weighted by Gasteiger charge is 2.38. The molecule has 0 amide bonds. The quantitative estimate of drug-likeness (QED) is 0.821. The summed E-state index contributed by atoms with van der Waals surface area (Å²) in [6.45, 7) is 1.96. The molecule has 2 atom stereocenters. The predicted molar refractivity (Wildman–Crippen MR) is 58.0 cm³/mol. The fourth-order valence-corrected chi connectivity index (χ4v) is 2.51. The molecule has 0 heterocycles. The van der Waals surface area contributed by atoms with Gasteiger partial charge in [0.05, 0.1) is 5.60 Å². The molecule has 1 aromatic carbocycles. The lowest BCUT2D eigenvalue weighted by atomic mass is 9.86. The smallest absolute Gasteiger partial charge is 0.162 e. The Balaban J connectivity index is 2.24. The molecule has 3 heteroatoms. The van der Waals surface area contributed by atoms with Gasteiger partial charge in [-0.15, -0.1) is 0 Å². The molecule has 1 aliphatic carbocycles. The van der Waals surface area contributed by atoms with Crippen molar-refractivity contribution in [3.05, 3.63) is 35.4 Å². The lowest BCUT2D eigenvalue weighted by Gasteiger charge is -2.28. The molecule has 2 rings (SSSR count). The Labute approximate surface area is 94.1 Å². The highest BCUT2D eigenvalue weighted by Crippen LogP contribution is 2.38. The van der Waals surface area contributed by atoms with Crippen molar-refractivity contribution in [1.29, 1.82) is 0 Å². The van der Waals surface area contributed by atoms with E-state index >= 15 is 0 Å². The van der Waals surface area contributed by atoms with Crippen LogP contribution in [0.15, 0.2) is 18.2 Å². The first-order chi connectivity index (χ1) is 7.53. The summed E-state index contributed by atoms with van der Waals surface area (Å²) in [5.41, 5.74) is -0.592. The van der Waals surface area contributed by atoms with E-state index < -0.39 is 17.2 Å². The van der Waals surface area contributed by atoms with Crippen molar-refractivity contribution in [2.75, 3.05) is 0 Å². The third kappa shape index (κ3) is 1.96. The Hall–Kier alpha value is -0.960. The molecule has 0 bridgehead atoms. The SMILES string of the molecule is CC1CCCC1(O)Cc1cccc(F)c1F. The summed E-state index contributed by atoms with van der Waals surface area (Å²) < 4.78 is 26.5. The maximum absolute atomic E-state index is 13.5. The van der Waals surface area contributed by atoms with E-state index in [0.717, 1.165) is 18.9 Å². The molecule has 0 aromatic heterocycles. The Morgan fingerprint density at radius 3 is 2.81 bits per heavy atom. The number of hydrogen-bond donors (Lipinski definition) is 1. The van der Waals surface area contributed by atoms with Gasteiger partial charge in [-0.1, -0.05) is 25.5 Å². The summed E-state index contributed by atoms with van der Waals surface area (Å²) in [4.78, 5) is 0. The number of rotatable bonds is 2. The Morgan fingerprint density at radius 1 is 1.44 bits per heavy atom. The minimum Gasteiger partial charge on any atom is -0.389 e. The van der Waals surface area contributed by atoms with Crippen LogP contribution in [0.3, 0.4) is 0 Å². The van der Waals surface area contributed by atoms with Crippen molar-refractivity contribution >= 4 is 0 Å². The summed E-state index contributed by atoms with van der Waals surface area (Å²) >= 11 is 0. The highest BCUT2D eigenvalue weighted by molar-refractivity contribution is 5.21. The molecule has 0 saturated heterocycles. The number of hydrogen-bond acceptors (Lipinski definition) is 1. The van der Waals surface area contributed by atoms with Crippen LogP contribution in [0.4, 0.5) is 8.78 Å². The Bertz CT molecular complexity index is 392. The van der Waals surface area contributed by atoms with Crippen molar-refractivity contribution in [1.82, 2.24) is 0 Å². The zero-order chi connectivity index (χ0) is 11.8. The molecule has 0 radical (unpaired) electrons. The van der Waals surface area contributed by atoms with Crippen LogP contribution in [0.25, 0.3) is 0 Å². The summed E-state index contributed by atoms with van der Waals surface area (Å²) in [5, 5.41) is 10.3. The summed E-state index contributed by atoms with van der Waals surface area (Å²) in [5.74, 6) is -1.52. The second kappa shape index (κ2) is 4.13. The molecule has 1 saturated carbocycles. The third-order valence-corrected chi connectivity index (χ3v) is 3.69. The van der Waals surface area contributed by atoms with Crippen LogP contribution in [0.2, 0.25) is 0 Å². The zero-order valence-corrected chi connectivity index (χ0v) is 9.34. The number of benzene rings is 1. The molecule has 1 fully saturated rings. The third-order valence-electron chi connectivity index (χ3n) is 3.69. The van der Waals surface area contributed by atoms with Gasteiger partial charge < -0.3 is 5.11 Å². The van der Waals surface area contributed by atoms with Gasteiger partial charge in [-0.25, -0.2) is 8.78 Å². The molecular weight excluding hydrogens is 210 g/mol. The van der Waals surface area contributed by atoms with Gasteiger partial charge in [-0.2, -0.15) is 0 Å². The fourth-order valence-electron chi connectivity index (χ4n) is 2.51. The minimum atomic E-state index is -0.866. The van der Waals surface area contributed by atoms with Gasteiger partial charge in [-0.3, -0.25) is 0 Å². The van der Waals surface area contributed by atoms with Gasteiger partial charge in [0.1, 0.15) is 0 Å². The molecule has 0 aliphatic heterocycles. The molecule has 0 spiro atoms. The van der Waals surface area contributed by atoms with Crippen LogP contribution in [0, 0.1) is 17.6 Å². The molecule has 16 heavy (non-hydrogen) atoms. The van der Waals surface area contributed by atoms with Crippen LogP contribution < -0.4 is 0 Å². The van der Waals surface area contributed by atoms with Gasteiger partial charge in [0, 0.05) is 6.42 Å². The van der Waals surface area contributed by atoms with Crippen LogP contribution in [-0.2, 0) is 6.42 Å². The standard InChI is InChI=1S/C13H16F2O/c1-9-4-3-7-13(9,16)8-10-5-2-6-11(14)12(10)15/h2,5-6,9,16H,3-4,7-8H2,1H3. The van der Waals surface area contributed by atoms with E-state index in [-0.39, 0.29) is 17.9 Å². The van der Waals surface area contributed by atoms with Crippen LogP contribution >= 0.6 is 0 Å². The van der Waals surface area contributed by atoms with Gasteiger partial charge in [-0.05, 0) is 30.4 Å². The molecular formula is C13H16F2O. The van der Waals surface area contributed by atoms with Crippen molar-refractivity contribution < 1.29 is 13.9 Å². The largest absolute Gasteiger partial charge is 0.389 e. The molecule has 1 nitrogen and oxygen atoms in total. The first kappa shape index (κ1) is 11.5. The van der Waals surface area contributed by atoms with E-state index in [4.69, 9.17) is 0 Å². The molecule has 1 aromatic rings. The Morgan fingerprint density at radius 2 is 2.19 bits per heavy atom. The first-order valence-corrected chi connectivity index (χ1v) is 5.68. The zero-order valence-electron chi connectivity index (χ0n) is 9.34. The normalized spacial score (nSPS) is 29.6. The second-order valence-corrected chi connectivity index (χ2v) is 4.79. The maximum atomic E-state index is 13.5. The van der Waals surface area contributed by atoms with Crippen molar-refractivity contribution in [3.63, 3.8) is 0 Å². The number of halogens is 2. The van der Waals surface area contributed by atoms with Gasteiger partial charge in [0.2, 0.25) is 0 Å². The van der Waals surface area contributed by atoms with E-state index in [1.807, 2.05) is 6.92 Å². The van der Waals surface area contributed by atoms with E-state index in [1.165, 1.54) is 6.07 Å². The Kier molecular flexibility index (Phi) is 2.98. The molecule has 1 N–H and O–H groups in total. The lowest BCUT2D eigenvalue weighted by Crippen LogP contribution is -2.34. The van der Waals surface area contributed by atoms with Crippen molar-refractivity contribution in [3.8, 4) is 0 Å². The van der Waals surface area contributed by atoms with Gasteiger partial charge >= 0.3 is 0 Å². The van der Waals surface area contributed by atoms with Crippen molar-refractivity contribution in [2.24, 2.45) is 5.92 Å². The predicted octanol–water partition coefficient (Wildman–Crippen LogP) is 3.06. The van der Waals surface area contributed by atoms with Crippen LogP contribution in [0.1, 0.15) is 31.7 Å². The molecule has 1 aliphatic rings. The average molecular weight is 226 g/mol. The van der Waals surface area contributed by atoms with Gasteiger partial charge in [0.15, 0.2) is 11.6 Å². The van der Waals surface area contributed by atoms with Crippen LogP contribution in [-0.4, -0.2) is 10.7 Å². The fraction of sp³-hybridized carbons (Fsp3) is 0.538. The highest BCUT2D eigenvalue weighted by atomic mass is 19.2. The summed E-state index contributed by atoms with van der Waals surface area (Å²) in [7, 11) is 0. The topological polar surface area (TPSA) is 20.2 Å². The van der Waals surface area contributed by atoms with E-state index in [0.29, 0.717) is 6.42 Å². The minimum absolute atomic E-state index is 0.148. The summed E-state index contributed by atoms with van der Waals surface area (Å²) in [6.07, 6.45) is 2.78. The average Bonchev–Trinajstić information content (AvgIpc) is 2.55.